The number of ketones is 1. The Morgan fingerprint density at radius 2 is 2.00 bits per heavy atom. The average molecular weight is 480 g/mol. The van der Waals surface area contributed by atoms with Crippen molar-refractivity contribution in [3.8, 4) is 5.75 Å². The molecule has 8 heteroatoms. The summed E-state index contributed by atoms with van der Waals surface area (Å²) in [7, 11) is 0. The Morgan fingerprint density at radius 3 is 2.81 bits per heavy atom. The van der Waals surface area contributed by atoms with Crippen LogP contribution in [0, 0.1) is 5.41 Å². The number of nitrogens with one attached hydrogen (secondary N) is 1. The van der Waals surface area contributed by atoms with E-state index in [9.17, 15) is 4.79 Å². The first-order chi connectivity index (χ1) is 14.9. The molecule has 1 unspecified atom stereocenters. The predicted molar refractivity (Wildman–Crippen MR) is 120 cm³/mol. The SMILES string of the molecule is CC1(C)CC(=O)C2=C(C1)Nc1nnnn1C2c1cc(Br)ccc1OCc1ccccc1. The highest BCUT2D eigenvalue weighted by Gasteiger charge is 2.42. The van der Waals surface area contributed by atoms with Crippen LogP contribution in [0.2, 0.25) is 0 Å². The van der Waals surface area contributed by atoms with Gasteiger partial charge in [0.25, 0.3) is 0 Å². The van der Waals surface area contributed by atoms with Crippen LogP contribution in [0.4, 0.5) is 5.95 Å². The Hall–Kier alpha value is -3.00. The van der Waals surface area contributed by atoms with Crippen molar-refractivity contribution in [2.75, 3.05) is 5.32 Å². The van der Waals surface area contributed by atoms with E-state index in [0.29, 0.717) is 30.3 Å². The molecular weight excluding hydrogens is 458 g/mol. The van der Waals surface area contributed by atoms with E-state index in [4.69, 9.17) is 4.74 Å². The van der Waals surface area contributed by atoms with E-state index in [1.165, 1.54) is 0 Å². The van der Waals surface area contributed by atoms with Gasteiger partial charge in [0.05, 0.1) is 0 Å². The molecule has 1 aromatic heterocycles. The lowest BCUT2D eigenvalue weighted by Gasteiger charge is -2.38. The van der Waals surface area contributed by atoms with Crippen LogP contribution >= 0.6 is 15.9 Å². The molecule has 158 valence electrons. The summed E-state index contributed by atoms with van der Waals surface area (Å²) < 4.78 is 8.79. The molecule has 0 saturated heterocycles. The van der Waals surface area contributed by atoms with Crippen LogP contribution in [0.15, 0.2) is 64.3 Å². The number of hydrogen-bond donors (Lipinski definition) is 1. The van der Waals surface area contributed by atoms with E-state index in [1.54, 1.807) is 4.68 Å². The van der Waals surface area contributed by atoms with Gasteiger partial charge in [-0.3, -0.25) is 4.79 Å². The highest BCUT2D eigenvalue weighted by Crippen LogP contribution is 2.47. The van der Waals surface area contributed by atoms with Crippen molar-refractivity contribution in [3.63, 3.8) is 0 Å². The van der Waals surface area contributed by atoms with Gasteiger partial charge in [-0.1, -0.05) is 65.2 Å². The van der Waals surface area contributed by atoms with Gasteiger partial charge in [-0.25, -0.2) is 0 Å². The third-order valence-electron chi connectivity index (χ3n) is 5.70. The Bertz CT molecular complexity index is 1190. The van der Waals surface area contributed by atoms with Gasteiger partial charge in [-0.05, 0) is 46.0 Å². The fourth-order valence-corrected chi connectivity index (χ4v) is 4.74. The number of fused-ring (bicyclic) bond motifs is 1. The fraction of sp³-hybridized carbons (Fsp3) is 0.304. The number of ether oxygens (including phenoxy) is 1. The zero-order valence-corrected chi connectivity index (χ0v) is 18.9. The third-order valence-corrected chi connectivity index (χ3v) is 6.19. The Balaban J connectivity index is 1.61. The molecular formula is C23H22BrN5O2. The van der Waals surface area contributed by atoms with Gasteiger partial charge in [0.15, 0.2) is 5.78 Å². The Morgan fingerprint density at radius 1 is 1.19 bits per heavy atom. The molecule has 1 atom stereocenters. The standard InChI is InChI=1S/C23H22BrN5O2/c1-23(2)11-17-20(18(30)12-23)21(29-22(25-17)26-27-28-29)16-10-15(24)8-9-19(16)31-13-14-6-4-3-5-7-14/h3-10,21H,11-13H2,1-2H3,(H,25,26,28). The summed E-state index contributed by atoms with van der Waals surface area (Å²) in [6, 6.07) is 15.4. The van der Waals surface area contributed by atoms with Crippen molar-refractivity contribution in [2.24, 2.45) is 5.41 Å². The van der Waals surface area contributed by atoms with E-state index >= 15 is 0 Å². The molecule has 0 spiro atoms. The minimum atomic E-state index is -0.451. The minimum absolute atomic E-state index is 0.110. The largest absolute Gasteiger partial charge is 0.489 e. The summed E-state index contributed by atoms with van der Waals surface area (Å²) in [5.41, 5.74) is 3.40. The van der Waals surface area contributed by atoms with Gasteiger partial charge >= 0.3 is 0 Å². The van der Waals surface area contributed by atoms with Crippen molar-refractivity contribution in [3.05, 3.63) is 75.4 Å². The summed E-state index contributed by atoms with van der Waals surface area (Å²) >= 11 is 3.58. The third kappa shape index (κ3) is 3.76. The second-order valence-electron chi connectivity index (χ2n) is 8.76. The molecule has 0 bridgehead atoms. The number of Topliss-reactive ketones (excluding diaryl/α,β-unsaturated/α-hetero) is 1. The maximum Gasteiger partial charge on any atom is 0.248 e. The maximum absolute atomic E-state index is 13.3. The Labute approximate surface area is 188 Å². The smallest absolute Gasteiger partial charge is 0.248 e. The molecule has 1 aliphatic carbocycles. The molecule has 7 nitrogen and oxygen atoms in total. The lowest BCUT2D eigenvalue weighted by atomic mass is 9.73. The van der Waals surface area contributed by atoms with Crippen LogP contribution in [0.5, 0.6) is 5.75 Å². The monoisotopic (exact) mass is 479 g/mol. The summed E-state index contributed by atoms with van der Waals surface area (Å²) in [5.74, 6) is 1.34. The van der Waals surface area contributed by atoms with Crippen LogP contribution in [0.3, 0.4) is 0 Å². The molecule has 3 aromatic rings. The van der Waals surface area contributed by atoms with Gasteiger partial charge in [-0.2, -0.15) is 4.68 Å². The van der Waals surface area contributed by atoms with Gasteiger partial charge in [0, 0.05) is 27.7 Å². The molecule has 1 N–H and O–H groups in total. The van der Waals surface area contributed by atoms with Crippen LogP contribution < -0.4 is 10.1 Å². The van der Waals surface area contributed by atoms with Crippen molar-refractivity contribution in [1.29, 1.82) is 0 Å². The number of allylic oxidation sites excluding steroid dienone is 2. The number of nitrogens with zero attached hydrogens (tertiary/aromatic N) is 4. The normalized spacial score (nSPS) is 19.5. The predicted octanol–water partition coefficient (Wildman–Crippen LogP) is 4.67. The second kappa shape index (κ2) is 7.60. The second-order valence-corrected chi connectivity index (χ2v) is 9.68. The minimum Gasteiger partial charge on any atom is -0.489 e. The first kappa shape index (κ1) is 19.9. The van der Waals surface area contributed by atoms with Crippen molar-refractivity contribution in [1.82, 2.24) is 20.2 Å². The molecule has 2 heterocycles. The highest BCUT2D eigenvalue weighted by molar-refractivity contribution is 9.10. The highest BCUT2D eigenvalue weighted by atomic mass is 79.9. The van der Waals surface area contributed by atoms with Crippen LogP contribution in [-0.2, 0) is 11.4 Å². The number of benzene rings is 2. The molecule has 2 aromatic carbocycles. The van der Waals surface area contributed by atoms with E-state index in [2.05, 4.69) is 50.6 Å². The summed E-state index contributed by atoms with van der Waals surface area (Å²) in [6.45, 7) is 4.64. The van der Waals surface area contributed by atoms with Crippen molar-refractivity contribution in [2.45, 2.75) is 39.3 Å². The van der Waals surface area contributed by atoms with E-state index in [0.717, 1.165) is 27.7 Å². The number of hydrogen-bond acceptors (Lipinski definition) is 6. The number of anilines is 1. The molecule has 2 aliphatic rings. The average Bonchev–Trinajstić information content (AvgIpc) is 3.19. The fourth-order valence-electron chi connectivity index (χ4n) is 4.36. The molecule has 0 radical (unpaired) electrons. The van der Waals surface area contributed by atoms with Gasteiger partial charge < -0.3 is 10.1 Å². The maximum atomic E-state index is 13.3. The van der Waals surface area contributed by atoms with Crippen LogP contribution in [0.25, 0.3) is 0 Å². The summed E-state index contributed by atoms with van der Waals surface area (Å²) in [5, 5.41) is 15.5. The number of aromatic nitrogens is 4. The molecule has 0 fully saturated rings. The summed E-state index contributed by atoms with van der Waals surface area (Å²) in [6.07, 6.45) is 1.24. The van der Waals surface area contributed by atoms with E-state index in [1.807, 2.05) is 48.5 Å². The van der Waals surface area contributed by atoms with Gasteiger partial charge in [-0.15, -0.1) is 0 Å². The van der Waals surface area contributed by atoms with Gasteiger partial charge in [0.2, 0.25) is 5.95 Å². The quantitative estimate of drug-likeness (QED) is 0.585. The van der Waals surface area contributed by atoms with Gasteiger partial charge in [0.1, 0.15) is 18.4 Å². The van der Waals surface area contributed by atoms with Crippen LogP contribution in [0.1, 0.15) is 43.9 Å². The molecule has 5 rings (SSSR count). The topological polar surface area (TPSA) is 81.9 Å². The molecule has 1 aliphatic heterocycles. The number of carbonyl (C=O) groups is 1. The molecule has 31 heavy (non-hydrogen) atoms. The Kier molecular flexibility index (Phi) is 4.89. The van der Waals surface area contributed by atoms with Crippen LogP contribution in [-0.4, -0.2) is 26.0 Å². The zero-order valence-electron chi connectivity index (χ0n) is 17.3. The molecule has 0 saturated carbocycles. The number of carbonyl (C=O) groups excluding carboxylic acids is 1. The van der Waals surface area contributed by atoms with E-state index in [-0.39, 0.29) is 11.2 Å². The lowest BCUT2D eigenvalue weighted by molar-refractivity contribution is -0.118. The number of rotatable bonds is 4. The molecule has 0 amide bonds. The first-order valence-electron chi connectivity index (χ1n) is 10.2. The van der Waals surface area contributed by atoms with Crippen molar-refractivity contribution < 1.29 is 9.53 Å². The summed E-state index contributed by atoms with van der Waals surface area (Å²) in [4.78, 5) is 13.3. The number of halogens is 1. The van der Waals surface area contributed by atoms with Crippen molar-refractivity contribution >= 4 is 27.7 Å². The number of tetrazole rings is 1. The van der Waals surface area contributed by atoms with E-state index < -0.39 is 6.04 Å². The zero-order chi connectivity index (χ0) is 21.6. The first-order valence-corrected chi connectivity index (χ1v) is 11.0. The lowest BCUT2D eigenvalue weighted by Crippen LogP contribution is -2.36.